The van der Waals surface area contributed by atoms with E-state index in [9.17, 15) is 0 Å². The number of rotatable bonds is 6. The molecule has 1 N–H and O–H groups in total. The van der Waals surface area contributed by atoms with E-state index in [2.05, 4.69) is 39.6 Å². The smallest absolute Gasteiger partial charge is 0.0701 e. The van der Waals surface area contributed by atoms with Crippen molar-refractivity contribution in [3.63, 3.8) is 0 Å². The molecule has 84 valence electrons. The largest absolute Gasteiger partial charge is 0.310 e. The van der Waals surface area contributed by atoms with E-state index in [0.29, 0.717) is 0 Å². The Morgan fingerprint density at radius 1 is 1.60 bits per heavy atom. The predicted molar refractivity (Wildman–Crippen MR) is 70.3 cm³/mol. The summed E-state index contributed by atoms with van der Waals surface area (Å²) in [6, 6.07) is 2.97. The Kier molecular flexibility index (Phi) is 4.23. The summed E-state index contributed by atoms with van der Waals surface area (Å²) in [5, 5.41) is 5.93. The SMILES string of the molecule is CCCC(NCc1csc(Br)c1)C1CC1. The Labute approximate surface area is 104 Å². The summed E-state index contributed by atoms with van der Waals surface area (Å²) >= 11 is 5.27. The molecule has 1 nitrogen and oxygen atoms in total. The van der Waals surface area contributed by atoms with Crippen LogP contribution in [0.5, 0.6) is 0 Å². The molecule has 15 heavy (non-hydrogen) atoms. The molecule has 0 spiro atoms. The summed E-state index contributed by atoms with van der Waals surface area (Å²) in [6.45, 7) is 3.31. The van der Waals surface area contributed by atoms with E-state index in [1.807, 2.05) is 0 Å². The molecule has 3 heteroatoms. The van der Waals surface area contributed by atoms with Crippen molar-refractivity contribution in [2.24, 2.45) is 5.92 Å². The number of halogens is 1. The molecule has 0 bridgehead atoms. The molecule has 1 aliphatic carbocycles. The lowest BCUT2D eigenvalue weighted by molar-refractivity contribution is 0.430. The first-order chi connectivity index (χ1) is 7.29. The van der Waals surface area contributed by atoms with E-state index in [-0.39, 0.29) is 0 Å². The van der Waals surface area contributed by atoms with Gasteiger partial charge in [-0.05, 0) is 58.1 Å². The van der Waals surface area contributed by atoms with Crippen molar-refractivity contribution in [1.29, 1.82) is 0 Å². The number of hydrogen-bond donors (Lipinski definition) is 1. The zero-order chi connectivity index (χ0) is 10.7. The molecule has 2 rings (SSSR count). The maximum absolute atomic E-state index is 3.70. The van der Waals surface area contributed by atoms with Crippen LogP contribution in [0.1, 0.15) is 38.2 Å². The molecule has 1 atom stereocenters. The zero-order valence-electron chi connectivity index (χ0n) is 9.13. The van der Waals surface area contributed by atoms with Crippen molar-refractivity contribution >= 4 is 27.3 Å². The van der Waals surface area contributed by atoms with Crippen LogP contribution in [0.25, 0.3) is 0 Å². The Bertz CT molecular complexity index is 306. The van der Waals surface area contributed by atoms with Gasteiger partial charge in [0, 0.05) is 12.6 Å². The lowest BCUT2D eigenvalue weighted by Gasteiger charge is -2.16. The molecule has 1 aliphatic rings. The molecule has 1 aromatic heterocycles. The van der Waals surface area contributed by atoms with Crippen LogP contribution in [0.15, 0.2) is 15.2 Å². The van der Waals surface area contributed by atoms with Gasteiger partial charge in [-0.2, -0.15) is 0 Å². The summed E-state index contributed by atoms with van der Waals surface area (Å²) < 4.78 is 1.23. The van der Waals surface area contributed by atoms with Gasteiger partial charge in [0.1, 0.15) is 0 Å². The van der Waals surface area contributed by atoms with Crippen LogP contribution in [0, 0.1) is 5.92 Å². The first-order valence-corrected chi connectivity index (χ1v) is 7.43. The number of nitrogens with one attached hydrogen (secondary N) is 1. The van der Waals surface area contributed by atoms with Crippen LogP contribution in [0.2, 0.25) is 0 Å². The molecule has 1 unspecified atom stereocenters. The van der Waals surface area contributed by atoms with E-state index < -0.39 is 0 Å². The minimum atomic E-state index is 0.758. The zero-order valence-corrected chi connectivity index (χ0v) is 11.5. The highest BCUT2D eigenvalue weighted by Gasteiger charge is 2.29. The van der Waals surface area contributed by atoms with Gasteiger partial charge in [-0.3, -0.25) is 0 Å². The van der Waals surface area contributed by atoms with Gasteiger partial charge in [-0.1, -0.05) is 13.3 Å². The summed E-state index contributed by atoms with van der Waals surface area (Å²) in [7, 11) is 0. The van der Waals surface area contributed by atoms with Gasteiger partial charge < -0.3 is 5.32 Å². The molecule has 1 saturated carbocycles. The third kappa shape index (κ3) is 3.58. The minimum Gasteiger partial charge on any atom is -0.310 e. The monoisotopic (exact) mass is 287 g/mol. The van der Waals surface area contributed by atoms with E-state index in [1.165, 1.54) is 35.0 Å². The molecular formula is C12H18BrNS. The molecule has 1 aromatic rings. The molecule has 0 aliphatic heterocycles. The van der Waals surface area contributed by atoms with E-state index in [4.69, 9.17) is 0 Å². The fraction of sp³-hybridized carbons (Fsp3) is 0.667. The van der Waals surface area contributed by atoms with E-state index in [0.717, 1.165) is 18.5 Å². The maximum atomic E-state index is 3.70. The molecule has 0 saturated heterocycles. The average Bonchev–Trinajstić information content (AvgIpc) is 2.97. The normalized spacial score (nSPS) is 18.0. The highest BCUT2D eigenvalue weighted by atomic mass is 79.9. The third-order valence-corrected chi connectivity index (χ3v) is 4.53. The highest BCUT2D eigenvalue weighted by Crippen LogP contribution is 2.34. The second-order valence-electron chi connectivity index (χ2n) is 4.37. The van der Waals surface area contributed by atoms with Gasteiger partial charge in [-0.25, -0.2) is 0 Å². The quantitative estimate of drug-likeness (QED) is 0.828. The first kappa shape index (κ1) is 11.6. The minimum absolute atomic E-state index is 0.758. The van der Waals surface area contributed by atoms with Gasteiger partial charge in [-0.15, -0.1) is 11.3 Å². The second kappa shape index (κ2) is 5.46. The number of hydrogen-bond acceptors (Lipinski definition) is 2. The number of thiophene rings is 1. The Morgan fingerprint density at radius 2 is 2.40 bits per heavy atom. The Morgan fingerprint density at radius 3 is 2.93 bits per heavy atom. The third-order valence-electron chi connectivity index (χ3n) is 2.98. The molecular weight excluding hydrogens is 270 g/mol. The van der Waals surface area contributed by atoms with Gasteiger partial charge >= 0.3 is 0 Å². The fourth-order valence-electron chi connectivity index (χ4n) is 2.00. The molecule has 0 radical (unpaired) electrons. The van der Waals surface area contributed by atoms with E-state index >= 15 is 0 Å². The summed E-state index contributed by atoms with van der Waals surface area (Å²) in [6.07, 6.45) is 5.49. The van der Waals surface area contributed by atoms with Crippen molar-refractivity contribution in [2.45, 2.75) is 45.2 Å². The van der Waals surface area contributed by atoms with Crippen molar-refractivity contribution in [2.75, 3.05) is 0 Å². The molecule has 1 fully saturated rings. The summed E-state index contributed by atoms with van der Waals surface area (Å²) in [5.41, 5.74) is 1.41. The van der Waals surface area contributed by atoms with Crippen LogP contribution in [0.3, 0.4) is 0 Å². The van der Waals surface area contributed by atoms with Gasteiger partial charge in [0.2, 0.25) is 0 Å². The first-order valence-electron chi connectivity index (χ1n) is 5.76. The van der Waals surface area contributed by atoms with Crippen LogP contribution in [-0.4, -0.2) is 6.04 Å². The molecule has 0 amide bonds. The summed E-state index contributed by atoms with van der Waals surface area (Å²) in [5.74, 6) is 0.965. The Hall–Kier alpha value is 0.140. The van der Waals surface area contributed by atoms with Crippen LogP contribution in [0.4, 0.5) is 0 Å². The van der Waals surface area contributed by atoms with Crippen molar-refractivity contribution in [3.05, 3.63) is 20.8 Å². The van der Waals surface area contributed by atoms with E-state index in [1.54, 1.807) is 11.3 Å². The van der Waals surface area contributed by atoms with Crippen molar-refractivity contribution < 1.29 is 0 Å². The maximum Gasteiger partial charge on any atom is 0.0701 e. The standard InChI is InChI=1S/C12H18BrNS/c1-2-3-11(10-4-5-10)14-7-9-6-12(13)15-8-9/h6,8,10-11,14H,2-5,7H2,1H3. The second-order valence-corrected chi connectivity index (χ2v) is 6.66. The fourth-order valence-corrected chi connectivity index (χ4v) is 3.21. The average molecular weight is 288 g/mol. The lowest BCUT2D eigenvalue weighted by atomic mass is 10.1. The highest BCUT2D eigenvalue weighted by molar-refractivity contribution is 9.11. The van der Waals surface area contributed by atoms with Crippen LogP contribution >= 0.6 is 27.3 Å². The molecule has 0 aromatic carbocycles. The predicted octanol–water partition coefficient (Wildman–Crippen LogP) is 4.18. The topological polar surface area (TPSA) is 12.0 Å². The van der Waals surface area contributed by atoms with Crippen LogP contribution in [-0.2, 0) is 6.54 Å². The van der Waals surface area contributed by atoms with Crippen molar-refractivity contribution in [3.8, 4) is 0 Å². The van der Waals surface area contributed by atoms with Crippen molar-refractivity contribution in [1.82, 2.24) is 5.32 Å². The van der Waals surface area contributed by atoms with Gasteiger partial charge in [0.05, 0.1) is 3.79 Å². The lowest BCUT2D eigenvalue weighted by Crippen LogP contribution is -2.30. The molecule has 1 heterocycles. The van der Waals surface area contributed by atoms with Gasteiger partial charge in [0.25, 0.3) is 0 Å². The van der Waals surface area contributed by atoms with Crippen LogP contribution < -0.4 is 5.32 Å². The van der Waals surface area contributed by atoms with Gasteiger partial charge in [0.15, 0.2) is 0 Å². The Balaban J connectivity index is 1.79. The summed E-state index contributed by atoms with van der Waals surface area (Å²) in [4.78, 5) is 0.